The van der Waals surface area contributed by atoms with Crippen molar-refractivity contribution < 1.29 is 18.7 Å². The van der Waals surface area contributed by atoms with Gasteiger partial charge >= 0.3 is 5.97 Å². The average Bonchev–Trinajstić information content (AvgIpc) is 3.24. The highest BCUT2D eigenvalue weighted by Crippen LogP contribution is 2.30. The summed E-state index contributed by atoms with van der Waals surface area (Å²) in [5.74, 6) is -2.28. The molecule has 2 heterocycles. The van der Waals surface area contributed by atoms with Gasteiger partial charge in [0.1, 0.15) is 12.0 Å². The van der Waals surface area contributed by atoms with Crippen molar-refractivity contribution in [3.8, 4) is 11.3 Å². The van der Waals surface area contributed by atoms with Crippen LogP contribution in [-0.4, -0.2) is 33.4 Å². The third kappa shape index (κ3) is 4.39. The van der Waals surface area contributed by atoms with E-state index < -0.39 is 17.7 Å². The maximum atomic E-state index is 14.3. The Labute approximate surface area is 183 Å². The van der Waals surface area contributed by atoms with Gasteiger partial charge in [0, 0.05) is 17.4 Å². The van der Waals surface area contributed by atoms with Crippen molar-refractivity contribution >= 4 is 34.7 Å². The smallest absolute Gasteiger partial charge is 0.340 e. The minimum Gasteiger partial charge on any atom is -0.462 e. The van der Waals surface area contributed by atoms with Crippen LogP contribution in [0.5, 0.6) is 0 Å². The van der Waals surface area contributed by atoms with E-state index in [0.29, 0.717) is 39.1 Å². The molecule has 0 fully saturated rings. The molecule has 0 radical (unpaired) electrons. The lowest BCUT2D eigenvalue weighted by Gasteiger charge is -2.08. The first kappa shape index (κ1) is 20.9. The monoisotopic (exact) mass is 430 g/mol. The third-order valence-electron chi connectivity index (χ3n) is 4.67. The molecule has 160 valence electrons. The van der Waals surface area contributed by atoms with Crippen molar-refractivity contribution in [2.24, 2.45) is 0 Å². The fourth-order valence-corrected chi connectivity index (χ4v) is 3.25. The van der Waals surface area contributed by atoms with Crippen LogP contribution in [0.25, 0.3) is 28.4 Å². The van der Waals surface area contributed by atoms with Gasteiger partial charge in [0.2, 0.25) is 0 Å². The maximum Gasteiger partial charge on any atom is 0.340 e. The van der Waals surface area contributed by atoms with E-state index in [1.807, 2.05) is 6.07 Å². The Morgan fingerprint density at radius 1 is 1.12 bits per heavy atom. The molecule has 0 aliphatic rings. The van der Waals surface area contributed by atoms with Crippen molar-refractivity contribution in [3.63, 3.8) is 0 Å². The molecule has 0 bridgehead atoms. The SMILES string of the molecule is CCOC(=O)c1c[nH]c2ncnc(-c3cccc(NC(=O)/C(F)=C\c4ccccc4)c3)c12. The van der Waals surface area contributed by atoms with E-state index in [-0.39, 0.29) is 6.61 Å². The summed E-state index contributed by atoms with van der Waals surface area (Å²) in [7, 11) is 0. The van der Waals surface area contributed by atoms with Crippen molar-refractivity contribution in [1.82, 2.24) is 15.0 Å². The molecule has 7 nitrogen and oxygen atoms in total. The first-order valence-corrected chi connectivity index (χ1v) is 9.90. The minimum atomic E-state index is -0.915. The molecule has 1 amide bonds. The number of carbonyl (C=O) groups excluding carboxylic acids is 2. The highest BCUT2D eigenvalue weighted by atomic mass is 19.1. The summed E-state index contributed by atoms with van der Waals surface area (Å²) in [6.07, 6.45) is 4.06. The van der Waals surface area contributed by atoms with E-state index in [2.05, 4.69) is 20.3 Å². The number of nitrogens with one attached hydrogen (secondary N) is 2. The highest BCUT2D eigenvalue weighted by Gasteiger charge is 2.19. The zero-order valence-electron chi connectivity index (χ0n) is 17.1. The standard InChI is InChI=1S/C24H19FN4O3/c1-2-32-24(31)18-13-26-22-20(18)21(27-14-28-22)16-9-6-10-17(12-16)29-23(30)19(25)11-15-7-4-3-5-8-15/h3-14H,2H2,1H3,(H,29,30)(H,26,27,28)/b19-11+. The van der Waals surface area contributed by atoms with E-state index in [4.69, 9.17) is 4.74 Å². The van der Waals surface area contributed by atoms with Gasteiger partial charge in [-0.05, 0) is 30.7 Å². The molecule has 0 aliphatic carbocycles. The van der Waals surface area contributed by atoms with Gasteiger partial charge in [-0.25, -0.2) is 19.2 Å². The molecular weight excluding hydrogens is 411 g/mol. The van der Waals surface area contributed by atoms with Crippen LogP contribution in [0.2, 0.25) is 0 Å². The Balaban J connectivity index is 1.64. The van der Waals surface area contributed by atoms with Gasteiger partial charge in [-0.1, -0.05) is 42.5 Å². The number of aromatic nitrogens is 3. The van der Waals surface area contributed by atoms with Crippen LogP contribution in [0.1, 0.15) is 22.8 Å². The number of fused-ring (bicyclic) bond motifs is 1. The Bertz CT molecular complexity index is 1320. The summed E-state index contributed by atoms with van der Waals surface area (Å²) in [5, 5.41) is 3.05. The van der Waals surface area contributed by atoms with E-state index >= 15 is 0 Å². The number of benzene rings is 2. The van der Waals surface area contributed by atoms with Crippen molar-refractivity contribution in [2.45, 2.75) is 6.92 Å². The number of H-pyrrole nitrogens is 1. The number of ether oxygens (including phenoxy) is 1. The molecule has 8 heteroatoms. The minimum absolute atomic E-state index is 0.234. The Morgan fingerprint density at radius 2 is 1.94 bits per heavy atom. The molecule has 2 aromatic heterocycles. The molecular formula is C24H19FN4O3. The molecule has 0 saturated carbocycles. The zero-order valence-corrected chi connectivity index (χ0v) is 17.1. The second-order valence-electron chi connectivity index (χ2n) is 6.81. The molecule has 32 heavy (non-hydrogen) atoms. The Kier molecular flexibility index (Phi) is 6.03. The molecule has 0 saturated heterocycles. The van der Waals surface area contributed by atoms with Crippen LogP contribution in [0.4, 0.5) is 10.1 Å². The molecule has 4 rings (SSSR count). The number of hydrogen-bond acceptors (Lipinski definition) is 5. The molecule has 0 aliphatic heterocycles. The number of rotatable bonds is 6. The van der Waals surface area contributed by atoms with Gasteiger partial charge in [0.15, 0.2) is 5.83 Å². The van der Waals surface area contributed by atoms with E-state index in [1.165, 1.54) is 18.6 Å². The second-order valence-corrected chi connectivity index (χ2v) is 6.81. The lowest BCUT2D eigenvalue weighted by molar-refractivity contribution is -0.114. The number of amides is 1. The predicted molar refractivity (Wildman–Crippen MR) is 119 cm³/mol. The number of halogens is 1. The Hall–Kier alpha value is -4.33. The quantitative estimate of drug-likeness (QED) is 0.340. The summed E-state index contributed by atoms with van der Waals surface area (Å²) < 4.78 is 19.5. The Morgan fingerprint density at radius 3 is 2.72 bits per heavy atom. The van der Waals surface area contributed by atoms with E-state index in [1.54, 1.807) is 55.5 Å². The summed E-state index contributed by atoms with van der Waals surface area (Å²) in [5.41, 5.74) is 2.84. The highest BCUT2D eigenvalue weighted by molar-refractivity contribution is 6.09. The average molecular weight is 430 g/mol. The molecule has 2 N–H and O–H groups in total. The van der Waals surface area contributed by atoms with Crippen LogP contribution in [0, 0.1) is 0 Å². The van der Waals surface area contributed by atoms with Crippen LogP contribution in [-0.2, 0) is 9.53 Å². The van der Waals surface area contributed by atoms with Crippen LogP contribution in [0.15, 0.2) is 72.9 Å². The van der Waals surface area contributed by atoms with Crippen LogP contribution in [0.3, 0.4) is 0 Å². The van der Waals surface area contributed by atoms with Gasteiger partial charge < -0.3 is 15.0 Å². The number of anilines is 1. The fourth-order valence-electron chi connectivity index (χ4n) is 3.25. The summed E-state index contributed by atoms with van der Waals surface area (Å²) in [6.45, 7) is 1.96. The topological polar surface area (TPSA) is 97.0 Å². The predicted octanol–water partition coefficient (Wildman–Crippen LogP) is 4.75. The van der Waals surface area contributed by atoms with Crippen LogP contribution < -0.4 is 5.32 Å². The number of carbonyl (C=O) groups is 2. The molecule has 2 aromatic carbocycles. The molecule has 0 atom stereocenters. The van der Waals surface area contributed by atoms with Crippen molar-refractivity contribution in [3.05, 3.63) is 84.1 Å². The van der Waals surface area contributed by atoms with E-state index in [0.717, 1.165) is 0 Å². The second kappa shape index (κ2) is 9.22. The van der Waals surface area contributed by atoms with Crippen molar-refractivity contribution in [2.75, 3.05) is 11.9 Å². The van der Waals surface area contributed by atoms with Crippen molar-refractivity contribution in [1.29, 1.82) is 0 Å². The fraction of sp³-hybridized carbons (Fsp3) is 0.0833. The molecule has 0 spiro atoms. The summed E-state index contributed by atoms with van der Waals surface area (Å²) in [6, 6.07) is 15.5. The lowest BCUT2D eigenvalue weighted by atomic mass is 10.1. The number of nitrogens with zero attached hydrogens (tertiary/aromatic N) is 2. The van der Waals surface area contributed by atoms with Gasteiger partial charge in [0.05, 0.1) is 23.3 Å². The number of hydrogen-bond donors (Lipinski definition) is 2. The summed E-state index contributed by atoms with van der Waals surface area (Å²) >= 11 is 0. The number of aromatic amines is 1. The van der Waals surface area contributed by atoms with Gasteiger partial charge in [-0.15, -0.1) is 0 Å². The molecule has 0 unspecified atom stereocenters. The van der Waals surface area contributed by atoms with Crippen LogP contribution >= 0.6 is 0 Å². The first-order valence-electron chi connectivity index (χ1n) is 9.90. The van der Waals surface area contributed by atoms with E-state index in [9.17, 15) is 14.0 Å². The molecule has 4 aromatic rings. The maximum absolute atomic E-state index is 14.3. The largest absolute Gasteiger partial charge is 0.462 e. The first-order chi connectivity index (χ1) is 15.6. The number of esters is 1. The summed E-state index contributed by atoms with van der Waals surface area (Å²) in [4.78, 5) is 36.1. The van der Waals surface area contributed by atoms with Gasteiger partial charge in [-0.2, -0.15) is 0 Å². The lowest BCUT2D eigenvalue weighted by Crippen LogP contribution is -2.11. The normalized spacial score (nSPS) is 11.4. The third-order valence-corrected chi connectivity index (χ3v) is 4.67. The zero-order chi connectivity index (χ0) is 22.5. The van der Waals surface area contributed by atoms with Gasteiger partial charge in [0.25, 0.3) is 5.91 Å². The van der Waals surface area contributed by atoms with Gasteiger partial charge in [-0.3, -0.25) is 4.79 Å².